The zero-order valence-corrected chi connectivity index (χ0v) is 14.4. The number of halogens is 1. The van der Waals surface area contributed by atoms with Crippen molar-refractivity contribution in [1.29, 1.82) is 0 Å². The molecule has 1 aromatic heterocycles. The van der Waals surface area contributed by atoms with Crippen molar-refractivity contribution in [2.45, 2.75) is 6.54 Å². The van der Waals surface area contributed by atoms with Crippen molar-refractivity contribution in [2.75, 3.05) is 18.9 Å². The zero-order chi connectivity index (χ0) is 17.6. The molecule has 6 nitrogen and oxygen atoms in total. The molecule has 0 unspecified atom stereocenters. The van der Waals surface area contributed by atoms with Gasteiger partial charge in [-0.05, 0) is 31.3 Å². The molecule has 128 valence electrons. The highest BCUT2D eigenvalue weighted by molar-refractivity contribution is 6.30. The lowest BCUT2D eigenvalue weighted by Gasteiger charge is -2.13. The molecule has 0 saturated carbocycles. The second-order valence-electron chi connectivity index (χ2n) is 5.61. The van der Waals surface area contributed by atoms with Gasteiger partial charge in [0, 0.05) is 16.3 Å². The fraction of sp³-hybridized carbons (Fsp3) is 0.167. The van der Waals surface area contributed by atoms with E-state index in [2.05, 4.69) is 15.5 Å². The molecule has 0 spiro atoms. The second-order valence-corrected chi connectivity index (χ2v) is 6.04. The smallest absolute Gasteiger partial charge is 0.241 e. The standard InChI is InChI=1S/C18H17ClN4O2/c1-23(11-16(24)20-15-9-7-14(19)8-10-15)12-17-21-18(22-25-17)13-5-3-2-4-6-13/h2-10H,11-12H2,1H3,(H,20,24). The van der Waals surface area contributed by atoms with Crippen molar-refractivity contribution >= 4 is 23.2 Å². The summed E-state index contributed by atoms with van der Waals surface area (Å²) in [6.45, 7) is 0.583. The first kappa shape index (κ1) is 17.1. The molecule has 25 heavy (non-hydrogen) atoms. The Balaban J connectivity index is 1.54. The molecular weight excluding hydrogens is 340 g/mol. The summed E-state index contributed by atoms with van der Waals surface area (Å²) < 4.78 is 5.25. The SMILES string of the molecule is CN(CC(=O)Nc1ccc(Cl)cc1)Cc1nc(-c2ccccc2)no1. The predicted octanol–water partition coefficient (Wildman–Crippen LogP) is 3.46. The van der Waals surface area contributed by atoms with Gasteiger partial charge in [-0.25, -0.2) is 0 Å². The van der Waals surface area contributed by atoms with Crippen LogP contribution in [0.1, 0.15) is 5.89 Å². The van der Waals surface area contributed by atoms with Gasteiger partial charge < -0.3 is 9.84 Å². The van der Waals surface area contributed by atoms with Crippen LogP contribution in [0.15, 0.2) is 59.1 Å². The minimum absolute atomic E-state index is 0.132. The number of rotatable bonds is 6. The number of nitrogens with zero attached hydrogens (tertiary/aromatic N) is 3. The van der Waals surface area contributed by atoms with Gasteiger partial charge in [0.15, 0.2) is 0 Å². The van der Waals surface area contributed by atoms with Crippen molar-refractivity contribution in [3.8, 4) is 11.4 Å². The number of nitrogens with one attached hydrogen (secondary N) is 1. The molecule has 0 aliphatic heterocycles. The maximum absolute atomic E-state index is 12.1. The van der Waals surface area contributed by atoms with Crippen LogP contribution in [-0.2, 0) is 11.3 Å². The zero-order valence-electron chi connectivity index (χ0n) is 13.6. The molecule has 3 aromatic rings. The van der Waals surface area contributed by atoms with Crippen LogP contribution in [0.2, 0.25) is 5.02 Å². The molecule has 1 amide bonds. The van der Waals surface area contributed by atoms with Crippen LogP contribution in [0.3, 0.4) is 0 Å². The van der Waals surface area contributed by atoms with Crippen LogP contribution in [0, 0.1) is 0 Å². The molecule has 0 radical (unpaired) electrons. The Morgan fingerprint density at radius 3 is 2.60 bits per heavy atom. The average molecular weight is 357 g/mol. The van der Waals surface area contributed by atoms with Crippen molar-refractivity contribution in [1.82, 2.24) is 15.0 Å². The largest absolute Gasteiger partial charge is 0.338 e. The summed E-state index contributed by atoms with van der Waals surface area (Å²) in [5.41, 5.74) is 1.59. The Labute approximate surface area is 150 Å². The van der Waals surface area contributed by atoms with E-state index in [1.54, 1.807) is 29.2 Å². The number of hydrogen-bond acceptors (Lipinski definition) is 5. The van der Waals surface area contributed by atoms with Crippen LogP contribution < -0.4 is 5.32 Å². The summed E-state index contributed by atoms with van der Waals surface area (Å²) >= 11 is 5.82. The van der Waals surface area contributed by atoms with Crippen LogP contribution in [0.4, 0.5) is 5.69 Å². The van der Waals surface area contributed by atoms with Gasteiger partial charge in [-0.1, -0.05) is 47.1 Å². The molecule has 0 aliphatic carbocycles. The quantitative estimate of drug-likeness (QED) is 0.732. The van der Waals surface area contributed by atoms with Gasteiger partial charge in [-0.15, -0.1) is 0 Å². The Morgan fingerprint density at radius 2 is 1.88 bits per heavy atom. The van der Waals surface area contributed by atoms with E-state index in [-0.39, 0.29) is 12.5 Å². The summed E-state index contributed by atoms with van der Waals surface area (Å²) in [5.74, 6) is 0.864. The number of carbonyl (C=O) groups is 1. The molecule has 7 heteroatoms. The first-order valence-electron chi connectivity index (χ1n) is 7.72. The van der Waals surface area contributed by atoms with Crippen LogP contribution in [0.5, 0.6) is 0 Å². The minimum atomic E-state index is -0.132. The predicted molar refractivity (Wildman–Crippen MR) is 96.1 cm³/mol. The number of anilines is 1. The average Bonchev–Trinajstić information content (AvgIpc) is 3.06. The van der Waals surface area contributed by atoms with E-state index in [9.17, 15) is 4.79 Å². The van der Waals surface area contributed by atoms with Crippen molar-refractivity contribution < 1.29 is 9.32 Å². The third-order valence-corrected chi connectivity index (χ3v) is 3.70. The van der Waals surface area contributed by atoms with Crippen molar-refractivity contribution in [2.24, 2.45) is 0 Å². The molecule has 0 fully saturated rings. The Hall–Kier alpha value is -2.70. The van der Waals surface area contributed by atoms with E-state index in [1.165, 1.54) is 0 Å². The van der Waals surface area contributed by atoms with Crippen LogP contribution in [-0.4, -0.2) is 34.5 Å². The third-order valence-electron chi connectivity index (χ3n) is 3.45. The maximum Gasteiger partial charge on any atom is 0.241 e. The number of benzene rings is 2. The summed E-state index contributed by atoms with van der Waals surface area (Å²) in [5, 5.41) is 7.41. The van der Waals surface area contributed by atoms with Gasteiger partial charge >= 0.3 is 0 Å². The number of hydrogen-bond donors (Lipinski definition) is 1. The third kappa shape index (κ3) is 4.89. The van der Waals surface area contributed by atoms with E-state index in [4.69, 9.17) is 16.1 Å². The van der Waals surface area contributed by atoms with E-state index in [1.807, 2.05) is 37.4 Å². The van der Waals surface area contributed by atoms with E-state index in [0.717, 1.165) is 5.56 Å². The van der Waals surface area contributed by atoms with Crippen LogP contribution >= 0.6 is 11.6 Å². The lowest BCUT2D eigenvalue weighted by atomic mass is 10.2. The van der Waals surface area contributed by atoms with Crippen LogP contribution in [0.25, 0.3) is 11.4 Å². The van der Waals surface area contributed by atoms with Crippen molar-refractivity contribution in [3.63, 3.8) is 0 Å². The number of likely N-dealkylation sites (N-methyl/N-ethyl adjacent to an activating group) is 1. The molecule has 0 bridgehead atoms. The summed E-state index contributed by atoms with van der Waals surface area (Å²) in [6, 6.07) is 16.5. The first-order valence-corrected chi connectivity index (χ1v) is 8.10. The van der Waals surface area contributed by atoms with Crippen molar-refractivity contribution in [3.05, 3.63) is 65.5 Å². The molecule has 0 saturated heterocycles. The number of aromatic nitrogens is 2. The summed E-state index contributed by atoms with van der Waals surface area (Å²) in [4.78, 5) is 18.2. The molecule has 3 rings (SSSR count). The van der Waals surface area contributed by atoms with Gasteiger partial charge in [0.25, 0.3) is 0 Å². The highest BCUT2D eigenvalue weighted by atomic mass is 35.5. The fourth-order valence-corrected chi connectivity index (χ4v) is 2.42. The topological polar surface area (TPSA) is 71.3 Å². The van der Waals surface area contributed by atoms with E-state index >= 15 is 0 Å². The Morgan fingerprint density at radius 1 is 1.16 bits per heavy atom. The second kappa shape index (κ2) is 7.92. The first-order chi connectivity index (χ1) is 12.1. The normalized spacial score (nSPS) is 10.8. The molecule has 0 aliphatic rings. The summed E-state index contributed by atoms with van der Waals surface area (Å²) in [6.07, 6.45) is 0. The fourth-order valence-electron chi connectivity index (χ4n) is 2.29. The minimum Gasteiger partial charge on any atom is -0.338 e. The van der Waals surface area contributed by atoms with Gasteiger partial charge in [-0.3, -0.25) is 9.69 Å². The molecular formula is C18H17ClN4O2. The summed E-state index contributed by atoms with van der Waals surface area (Å²) in [7, 11) is 1.81. The highest BCUT2D eigenvalue weighted by Gasteiger charge is 2.13. The van der Waals surface area contributed by atoms with Gasteiger partial charge in [0.05, 0.1) is 13.1 Å². The molecule has 1 N–H and O–H groups in total. The molecule has 1 heterocycles. The van der Waals surface area contributed by atoms with E-state index in [0.29, 0.717) is 29.0 Å². The Bertz CT molecular complexity index is 834. The monoisotopic (exact) mass is 356 g/mol. The number of carbonyl (C=O) groups excluding carboxylic acids is 1. The highest BCUT2D eigenvalue weighted by Crippen LogP contribution is 2.16. The van der Waals surface area contributed by atoms with Gasteiger partial charge in [0.1, 0.15) is 0 Å². The molecule has 2 aromatic carbocycles. The maximum atomic E-state index is 12.1. The van der Waals surface area contributed by atoms with E-state index < -0.39 is 0 Å². The molecule has 0 atom stereocenters. The van der Waals surface area contributed by atoms with Gasteiger partial charge in [-0.2, -0.15) is 4.98 Å². The lowest BCUT2D eigenvalue weighted by molar-refractivity contribution is -0.117. The van der Waals surface area contributed by atoms with Gasteiger partial charge in [0.2, 0.25) is 17.6 Å². The lowest BCUT2D eigenvalue weighted by Crippen LogP contribution is -2.29. The number of amides is 1. The Kier molecular flexibility index (Phi) is 5.42.